The second-order valence-corrected chi connectivity index (χ2v) is 16.9. The molecule has 3 heterocycles. The first kappa shape index (κ1) is 38.7. The van der Waals surface area contributed by atoms with Crippen LogP contribution in [0.2, 0.25) is 0 Å². The van der Waals surface area contributed by atoms with E-state index in [1.165, 1.54) is 32.7 Å². The maximum atomic E-state index is 9.86. The molecule has 66 heavy (non-hydrogen) atoms. The first-order valence-electron chi connectivity index (χ1n) is 22.2. The molecule has 0 aliphatic rings. The number of hydrogen-bond acceptors (Lipinski definition) is 4. The number of para-hydroxylation sites is 2. The summed E-state index contributed by atoms with van der Waals surface area (Å²) in [5, 5.41) is 14.7. The molecule has 0 saturated carbocycles. The van der Waals surface area contributed by atoms with Gasteiger partial charge in [-0.15, -0.1) is 0 Å². The topological polar surface area (TPSA) is 72.3 Å². The fraction of sp³-hybridized carbons (Fsp3) is 0.0333. The maximum absolute atomic E-state index is 9.86. The molecule has 0 aliphatic heterocycles. The monoisotopic (exact) mass is 844 g/mol. The standard InChI is InChI=1S/C60H40N6/c1-38-21-29-56-50(33-38)46-17-9-11-19-52(46)65(56)54-31-27-44(35-48(54)41-25-23-40(37-61)24-26-41)49-36-45(28-32-55(49)66-53-20-12-10-18-47(53)51-34-39(2)22-30-57(51)66)60-63-58(42-13-5-3-6-14-42)62-59(64-60)43-15-7-4-8-16-43/h3-36H,1-2H3. The van der Waals surface area contributed by atoms with Crippen molar-refractivity contribution in [3.8, 4) is 73.9 Å². The van der Waals surface area contributed by atoms with Crippen LogP contribution in [0.4, 0.5) is 0 Å². The zero-order chi connectivity index (χ0) is 44.3. The lowest BCUT2D eigenvalue weighted by Crippen LogP contribution is -2.02. The van der Waals surface area contributed by atoms with Crippen LogP contribution in [0, 0.1) is 25.2 Å². The average molecular weight is 845 g/mol. The van der Waals surface area contributed by atoms with Gasteiger partial charge in [0.05, 0.1) is 45.1 Å². The van der Waals surface area contributed by atoms with Crippen LogP contribution in [0.1, 0.15) is 16.7 Å². The molecule has 310 valence electrons. The highest BCUT2D eigenvalue weighted by Crippen LogP contribution is 2.42. The third-order valence-corrected chi connectivity index (χ3v) is 12.7. The lowest BCUT2D eigenvalue weighted by Gasteiger charge is -2.19. The van der Waals surface area contributed by atoms with Crippen molar-refractivity contribution in [1.29, 1.82) is 5.26 Å². The van der Waals surface area contributed by atoms with Crippen LogP contribution in [0.15, 0.2) is 206 Å². The fourth-order valence-corrected chi connectivity index (χ4v) is 9.59. The summed E-state index contributed by atoms with van der Waals surface area (Å²) in [6, 6.07) is 74.6. The molecule has 0 fully saturated rings. The minimum absolute atomic E-state index is 0.581. The molecule has 0 atom stereocenters. The number of nitrogens with zero attached hydrogens (tertiary/aromatic N) is 6. The van der Waals surface area contributed by atoms with E-state index in [1.807, 2.05) is 72.8 Å². The van der Waals surface area contributed by atoms with E-state index >= 15 is 0 Å². The van der Waals surface area contributed by atoms with Crippen LogP contribution in [0.25, 0.3) is 111 Å². The molecular formula is C60H40N6. The molecule has 0 saturated heterocycles. The highest BCUT2D eigenvalue weighted by atomic mass is 15.0. The average Bonchev–Trinajstić information content (AvgIpc) is 3.88. The smallest absolute Gasteiger partial charge is 0.164 e. The van der Waals surface area contributed by atoms with E-state index in [2.05, 4.69) is 163 Å². The van der Waals surface area contributed by atoms with Gasteiger partial charge in [-0.05, 0) is 104 Å². The van der Waals surface area contributed by atoms with Crippen LogP contribution in [0.5, 0.6) is 0 Å². The molecule has 0 aliphatic carbocycles. The second-order valence-electron chi connectivity index (χ2n) is 16.9. The first-order valence-corrected chi connectivity index (χ1v) is 22.2. The summed E-state index contributed by atoms with van der Waals surface area (Å²) < 4.78 is 4.78. The van der Waals surface area contributed by atoms with Crippen LogP contribution < -0.4 is 0 Å². The summed E-state index contributed by atoms with van der Waals surface area (Å²) in [6.07, 6.45) is 0. The van der Waals surface area contributed by atoms with Crippen molar-refractivity contribution in [3.05, 3.63) is 223 Å². The maximum Gasteiger partial charge on any atom is 0.164 e. The van der Waals surface area contributed by atoms with Gasteiger partial charge in [0.25, 0.3) is 0 Å². The third kappa shape index (κ3) is 6.53. The molecule has 0 amide bonds. The van der Waals surface area contributed by atoms with Crippen LogP contribution in [0.3, 0.4) is 0 Å². The van der Waals surface area contributed by atoms with Crippen LogP contribution in [-0.4, -0.2) is 24.1 Å². The van der Waals surface area contributed by atoms with Gasteiger partial charge in [0.2, 0.25) is 0 Å². The number of aryl methyl sites for hydroxylation is 2. The van der Waals surface area contributed by atoms with E-state index in [0.29, 0.717) is 23.0 Å². The van der Waals surface area contributed by atoms with Crippen LogP contribution in [-0.2, 0) is 0 Å². The van der Waals surface area contributed by atoms with E-state index < -0.39 is 0 Å². The van der Waals surface area contributed by atoms with E-state index in [4.69, 9.17) is 15.0 Å². The Morgan fingerprint density at radius 2 is 0.758 bits per heavy atom. The van der Waals surface area contributed by atoms with E-state index in [-0.39, 0.29) is 0 Å². The minimum Gasteiger partial charge on any atom is -0.309 e. The van der Waals surface area contributed by atoms with Crippen molar-refractivity contribution in [2.75, 3.05) is 0 Å². The summed E-state index contributed by atoms with van der Waals surface area (Å²) in [5.74, 6) is 1.80. The van der Waals surface area contributed by atoms with Gasteiger partial charge in [0.1, 0.15) is 0 Å². The summed E-state index contributed by atoms with van der Waals surface area (Å²) in [5.41, 5.74) is 16.4. The number of nitriles is 1. The van der Waals surface area contributed by atoms with Gasteiger partial charge < -0.3 is 9.13 Å². The van der Waals surface area contributed by atoms with Crippen molar-refractivity contribution >= 4 is 43.6 Å². The van der Waals surface area contributed by atoms with Gasteiger partial charge in [-0.3, -0.25) is 0 Å². The molecule has 0 radical (unpaired) electrons. The van der Waals surface area contributed by atoms with Gasteiger partial charge in [-0.2, -0.15) is 5.26 Å². The first-order chi connectivity index (χ1) is 32.5. The summed E-state index contributed by atoms with van der Waals surface area (Å²) in [7, 11) is 0. The number of fused-ring (bicyclic) bond motifs is 6. The molecule has 0 bridgehead atoms. The Balaban J connectivity index is 1.15. The van der Waals surface area contributed by atoms with E-state index in [0.717, 1.165) is 72.4 Å². The molecule has 12 aromatic rings. The lowest BCUT2D eigenvalue weighted by atomic mass is 9.94. The molecule has 0 spiro atoms. The van der Waals surface area contributed by atoms with Gasteiger partial charge in [-0.25, -0.2) is 15.0 Å². The molecule has 6 heteroatoms. The normalized spacial score (nSPS) is 11.5. The van der Waals surface area contributed by atoms with Gasteiger partial charge >= 0.3 is 0 Å². The Morgan fingerprint density at radius 1 is 0.348 bits per heavy atom. The number of aromatic nitrogens is 5. The second kappa shape index (κ2) is 15.7. The van der Waals surface area contributed by atoms with Gasteiger partial charge in [-0.1, -0.05) is 139 Å². The Hall–Kier alpha value is -8.92. The SMILES string of the molecule is Cc1ccc2c(c1)c1ccccc1n2-c1ccc(-c2nc(-c3ccccc3)nc(-c3ccccc3)n2)cc1-c1ccc(-n2c3ccccc3c3cc(C)ccc32)c(-c2ccc(C#N)cc2)c1. The Morgan fingerprint density at radius 3 is 1.27 bits per heavy atom. The highest BCUT2D eigenvalue weighted by Gasteiger charge is 2.22. The molecular weight excluding hydrogens is 805 g/mol. The lowest BCUT2D eigenvalue weighted by molar-refractivity contribution is 1.07. The molecule has 0 unspecified atom stereocenters. The number of rotatable bonds is 7. The predicted molar refractivity (Wildman–Crippen MR) is 270 cm³/mol. The number of hydrogen-bond donors (Lipinski definition) is 0. The molecule has 12 rings (SSSR count). The van der Waals surface area contributed by atoms with Crippen molar-refractivity contribution in [1.82, 2.24) is 24.1 Å². The summed E-state index contributed by atoms with van der Waals surface area (Å²) >= 11 is 0. The predicted octanol–water partition coefficient (Wildman–Crippen LogP) is 14.9. The van der Waals surface area contributed by atoms with Gasteiger partial charge in [0, 0.05) is 49.4 Å². The Kier molecular flexibility index (Phi) is 9.22. The molecule has 0 N–H and O–H groups in total. The molecule has 6 nitrogen and oxygen atoms in total. The fourth-order valence-electron chi connectivity index (χ4n) is 9.59. The van der Waals surface area contributed by atoms with Crippen molar-refractivity contribution in [3.63, 3.8) is 0 Å². The third-order valence-electron chi connectivity index (χ3n) is 12.7. The molecule has 9 aromatic carbocycles. The zero-order valence-corrected chi connectivity index (χ0v) is 36.3. The minimum atomic E-state index is 0.581. The summed E-state index contributed by atoms with van der Waals surface area (Å²) in [4.78, 5) is 15.3. The van der Waals surface area contributed by atoms with E-state index in [9.17, 15) is 5.26 Å². The van der Waals surface area contributed by atoms with E-state index in [1.54, 1.807) is 0 Å². The Labute approximate surface area is 382 Å². The highest BCUT2D eigenvalue weighted by molar-refractivity contribution is 6.11. The Bertz CT molecular complexity index is 3840. The number of benzene rings is 9. The largest absolute Gasteiger partial charge is 0.309 e. The zero-order valence-electron chi connectivity index (χ0n) is 36.3. The molecule has 3 aromatic heterocycles. The summed E-state index contributed by atoms with van der Waals surface area (Å²) in [6.45, 7) is 4.30. The van der Waals surface area contributed by atoms with Crippen molar-refractivity contribution in [2.24, 2.45) is 0 Å². The van der Waals surface area contributed by atoms with Crippen LogP contribution >= 0.6 is 0 Å². The van der Waals surface area contributed by atoms with Crippen molar-refractivity contribution in [2.45, 2.75) is 13.8 Å². The van der Waals surface area contributed by atoms with Gasteiger partial charge in [0.15, 0.2) is 17.5 Å². The quantitative estimate of drug-likeness (QED) is 0.160. The van der Waals surface area contributed by atoms with Crippen molar-refractivity contribution < 1.29 is 0 Å².